The molecule has 1 aliphatic rings. The number of para-hydroxylation sites is 4. The van der Waals surface area contributed by atoms with Crippen molar-refractivity contribution in [3.8, 4) is 33.6 Å². The lowest BCUT2D eigenvalue weighted by Gasteiger charge is -2.22. The third-order valence-electron chi connectivity index (χ3n) is 12.1. The van der Waals surface area contributed by atoms with E-state index in [0.29, 0.717) is 0 Å². The van der Waals surface area contributed by atoms with Crippen LogP contribution in [0, 0.1) is 0 Å². The van der Waals surface area contributed by atoms with E-state index in [-0.39, 0.29) is 5.41 Å². The second-order valence-corrected chi connectivity index (χ2v) is 15.3. The van der Waals surface area contributed by atoms with Gasteiger partial charge in [0.15, 0.2) is 0 Å². The van der Waals surface area contributed by atoms with Crippen molar-refractivity contribution in [2.45, 2.75) is 19.3 Å². The summed E-state index contributed by atoms with van der Waals surface area (Å²) in [5.74, 6) is 0. The van der Waals surface area contributed by atoms with Crippen molar-refractivity contribution in [3.63, 3.8) is 0 Å². The van der Waals surface area contributed by atoms with Crippen LogP contribution in [-0.4, -0.2) is 9.13 Å². The summed E-state index contributed by atoms with van der Waals surface area (Å²) in [5, 5.41) is 7.37. The first-order valence-corrected chi connectivity index (χ1v) is 18.8. The highest BCUT2D eigenvalue weighted by Crippen LogP contribution is 2.53. The van der Waals surface area contributed by atoms with Crippen LogP contribution in [0.1, 0.15) is 25.0 Å². The standard InChI is InChI=1S/C51H34N2O/c1-51(2)42-26-25-39-38-16-8-11-19-48(38)54-50(39)49(42)40-24-22-34(30-43(40)51)53-45-18-10-7-15-36(45)41-28-31(21-27-46(41)53)32-20-23-37-35-14-6-9-17-44(35)52(47(37)29-32)33-12-4-3-5-13-33/h3-30H,1-2H3. The van der Waals surface area contributed by atoms with Gasteiger partial charge in [-0.3, -0.25) is 0 Å². The first-order chi connectivity index (χ1) is 26.5. The molecule has 1 aliphatic carbocycles. The van der Waals surface area contributed by atoms with Crippen molar-refractivity contribution in [1.29, 1.82) is 0 Å². The lowest BCUT2D eigenvalue weighted by molar-refractivity contribution is 0.653. The SMILES string of the molecule is CC1(C)c2cc(-n3c4ccccc4c4cc(-c5ccc6c7ccccc7n(-c7ccccc7)c6c5)ccc43)ccc2-c2c1ccc1c2oc2ccccc21. The Morgan fingerprint density at radius 3 is 1.83 bits per heavy atom. The second-order valence-electron chi connectivity index (χ2n) is 15.3. The number of rotatable bonds is 3. The summed E-state index contributed by atoms with van der Waals surface area (Å²) in [4.78, 5) is 0. The van der Waals surface area contributed by atoms with Crippen molar-refractivity contribution in [2.24, 2.45) is 0 Å². The lowest BCUT2D eigenvalue weighted by Crippen LogP contribution is -2.15. The molecule has 3 heteroatoms. The summed E-state index contributed by atoms with van der Waals surface area (Å²) < 4.78 is 11.4. The van der Waals surface area contributed by atoms with Crippen LogP contribution in [0.2, 0.25) is 0 Å². The largest absolute Gasteiger partial charge is 0.455 e. The van der Waals surface area contributed by atoms with Crippen LogP contribution in [-0.2, 0) is 5.41 Å². The predicted octanol–water partition coefficient (Wildman–Crippen LogP) is 13.8. The Morgan fingerprint density at radius 1 is 0.407 bits per heavy atom. The molecule has 0 spiro atoms. The average Bonchev–Trinajstić information content (AvgIpc) is 3.93. The summed E-state index contributed by atoms with van der Waals surface area (Å²) in [6.07, 6.45) is 0. The first kappa shape index (κ1) is 29.7. The summed E-state index contributed by atoms with van der Waals surface area (Å²) in [6, 6.07) is 62.1. The Balaban J connectivity index is 1.03. The highest BCUT2D eigenvalue weighted by molar-refractivity contribution is 6.14. The van der Waals surface area contributed by atoms with Crippen LogP contribution < -0.4 is 0 Å². The highest BCUT2D eigenvalue weighted by Gasteiger charge is 2.38. The molecule has 0 bridgehead atoms. The zero-order valence-corrected chi connectivity index (χ0v) is 30.0. The van der Waals surface area contributed by atoms with Gasteiger partial charge in [-0.2, -0.15) is 0 Å². The number of fused-ring (bicyclic) bond motifs is 13. The molecule has 8 aromatic carbocycles. The Morgan fingerprint density at radius 2 is 1.02 bits per heavy atom. The molecule has 0 saturated carbocycles. The van der Waals surface area contributed by atoms with Gasteiger partial charge in [-0.25, -0.2) is 0 Å². The first-order valence-electron chi connectivity index (χ1n) is 18.8. The molecule has 3 aromatic heterocycles. The van der Waals surface area contributed by atoms with E-state index >= 15 is 0 Å². The molecule has 0 aliphatic heterocycles. The predicted molar refractivity (Wildman–Crippen MR) is 225 cm³/mol. The van der Waals surface area contributed by atoms with Crippen LogP contribution in [0.4, 0.5) is 0 Å². The average molecular weight is 691 g/mol. The molecular formula is C51H34N2O. The highest BCUT2D eigenvalue weighted by atomic mass is 16.3. The maximum Gasteiger partial charge on any atom is 0.143 e. The van der Waals surface area contributed by atoms with E-state index < -0.39 is 0 Å². The molecule has 3 nitrogen and oxygen atoms in total. The van der Waals surface area contributed by atoms with E-state index in [9.17, 15) is 0 Å². The van der Waals surface area contributed by atoms with E-state index in [4.69, 9.17) is 4.42 Å². The maximum absolute atomic E-state index is 6.57. The number of hydrogen-bond acceptors (Lipinski definition) is 1. The minimum absolute atomic E-state index is 0.180. The molecule has 11 aromatic rings. The molecule has 54 heavy (non-hydrogen) atoms. The zero-order valence-electron chi connectivity index (χ0n) is 30.0. The smallest absolute Gasteiger partial charge is 0.143 e. The summed E-state index contributed by atoms with van der Waals surface area (Å²) in [5.41, 5.74) is 16.5. The minimum atomic E-state index is -0.180. The number of hydrogen-bond donors (Lipinski definition) is 0. The van der Waals surface area contributed by atoms with E-state index in [1.54, 1.807) is 0 Å². The number of nitrogens with zero attached hydrogens (tertiary/aromatic N) is 2. The van der Waals surface area contributed by atoms with Crippen molar-refractivity contribution >= 4 is 65.6 Å². The van der Waals surface area contributed by atoms with E-state index in [1.807, 2.05) is 6.07 Å². The van der Waals surface area contributed by atoms with Gasteiger partial charge in [0.05, 0.1) is 22.1 Å². The quantitative estimate of drug-likeness (QED) is 0.181. The van der Waals surface area contributed by atoms with Crippen LogP contribution in [0.3, 0.4) is 0 Å². The molecule has 0 radical (unpaired) electrons. The van der Waals surface area contributed by atoms with Crippen LogP contribution in [0.5, 0.6) is 0 Å². The van der Waals surface area contributed by atoms with E-state index in [2.05, 4.69) is 187 Å². The Bertz CT molecular complexity index is 3350. The minimum Gasteiger partial charge on any atom is -0.455 e. The molecule has 254 valence electrons. The number of aromatic nitrogens is 2. The van der Waals surface area contributed by atoms with Crippen LogP contribution in [0.25, 0.3) is 99.2 Å². The normalized spacial score (nSPS) is 13.5. The molecule has 12 rings (SSSR count). The summed E-state index contributed by atoms with van der Waals surface area (Å²) >= 11 is 0. The summed E-state index contributed by atoms with van der Waals surface area (Å²) in [6.45, 7) is 4.70. The molecule has 3 heterocycles. The van der Waals surface area contributed by atoms with Gasteiger partial charge in [0, 0.05) is 54.7 Å². The molecule has 0 amide bonds. The Labute approximate surface area is 311 Å². The van der Waals surface area contributed by atoms with Gasteiger partial charge >= 0.3 is 0 Å². The molecule has 0 N–H and O–H groups in total. The fraction of sp³-hybridized carbons (Fsp3) is 0.0588. The molecule has 0 unspecified atom stereocenters. The van der Waals surface area contributed by atoms with Gasteiger partial charge in [0.25, 0.3) is 0 Å². The molecule has 0 atom stereocenters. The second kappa shape index (κ2) is 10.6. The van der Waals surface area contributed by atoms with Crippen LogP contribution in [0.15, 0.2) is 174 Å². The van der Waals surface area contributed by atoms with Gasteiger partial charge in [0.1, 0.15) is 11.2 Å². The third kappa shape index (κ3) is 3.91. The summed E-state index contributed by atoms with van der Waals surface area (Å²) in [7, 11) is 0. The Kier molecular flexibility index (Phi) is 5.84. The molecule has 0 saturated heterocycles. The van der Waals surface area contributed by atoms with Crippen molar-refractivity contribution in [2.75, 3.05) is 0 Å². The van der Waals surface area contributed by atoms with Crippen molar-refractivity contribution in [1.82, 2.24) is 9.13 Å². The maximum atomic E-state index is 6.57. The van der Waals surface area contributed by atoms with Gasteiger partial charge < -0.3 is 13.6 Å². The van der Waals surface area contributed by atoms with E-state index in [0.717, 1.165) is 11.2 Å². The van der Waals surface area contributed by atoms with Crippen molar-refractivity contribution < 1.29 is 4.42 Å². The van der Waals surface area contributed by atoms with Gasteiger partial charge in [-0.15, -0.1) is 0 Å². The molecule has 0 fully saturated rings. The fourth-order valence-corrected chi connectivity index (χ4v) is 9.56. The Hall–Kier alpha value is -6.84. The topological polar surface area (TPSA) is 23.0 Å². The number of benzene rings is 8. The van der Waals surface area contributed by atoms with Gasteiger partial charge in [-0.05, 0) is 88.5 Å². The third-order valence-corrected chi connectivity index (χ3v) is 12.1. The van der Waals surface area contributed by atoms with Crippen molar-refractivity contribution in [3.05, 3.63) is 181 Å². The van der Waals surface area contributed by atoms with E-state index in [1.165, 1.54) is 99.1 Å². The monoisotopic (exact) mass is 690 g/mol. The van der Waals surface area contributed by atoms with Gasteiger partial charge in [-0.1, -0.05) is 123 Å². The fourth-order valence-electron chi connectivity index (χ4n) is 9.56. The lowest BCUT2D eigenvalue weighted by atomic mass is 9.82. The van der Waals surface area contributed by atoms with Crippen LogP contribution >= 0.6 is 0 Å². The molecular weight excluding hydrogens is 657 g/mol. The van der Waals surface area contributed by atoms with Gasteiger partial charge in [0.2, 0.25) is 0 Å². The zero-order chi connectivity index (χ0) is 35.7. The number of furan rings is 1.